The molecule has 6 heteroatoms. The number of esters is 1. The Morgan fingerprint density at radius 1 is 1.05 bits per heavy atom. The van der Waals surface area contributed by atoms with Gasteiger partial charge in [-0.1, -0.05) is 12.8 Å². The zero-order chi connectivity index (χ0) is 16.1. The van der Waals surface area contributed by atoms with E-state index < -0.39 is 5.97 Å². The minimum atomic E-state index is -0.539. The van der Waals surface area contributed by atoms with E-state index in [2.05, 4.69) is 5.32 Å². The number of anilines is 1. The van der Waals surface area contributed by atoms with Crippen molar-refractivity contribution in [1.82, 2.24) is 0 Å². The van der Waals surface area contributed by atoms with Crippen LogP contribution in [0.15, 0.2) is 12.1 Å². The Morgan fingerprint density at radius 3 is 2.18 bits per heavy atom. The van der Waals surface area contributed by atoms with Crippen LogP contribution in [0.4, 0.5) is 5.69 Å². The Labute approximate surface area is 129 Å². The zero-order valence-electron chi connectivity index (χ0n) is 13.1. The van der Waals surface area contributed by atoms with Crippen molar-refractivity contribution >= 4 is 17.6 Å². The molecule has 1 fully saturated rings. The van der Waals surface area contributed by atoms with Crippen molar-refractivity contribution in [2.75, 3.05) is 26.6 Å². The molecule has 1 aliphatic rings. The fraction of sp³-hybridized carbons (Fsp3) is 0.500. The second-order valence-corrected chi connectivity index (χ2v) is 5.21. The lowest BCUT2D eigenvalue weighted by molar-refractivity contribution is -0.119. The van der Waals surface area contributed by atoms with E-state index in [0.29, 0.717) is 17.2 Å². The third kappa shape index (κ3) is 3.32. The maximum atomic E-state index is 12.3. The van der Waals surface area contributed by atoms with Gasteiger partial charge >= 0.3 is 5.97 Å². The van der Waals surface area contributed by atoms with Crippen molar-refractivity contribution in [3.8, 4) is 11.5 Å². The molecule has 120 valence electrons. The third-order valence-corrected chi connectivity index (χ3v) is 3.91. The maximum Gasteiger partial charge on any atom is 0.340 e. The quantitative estimate of drug-likeness (QED) is 0.846. The van der Waals surface area contributed by atoms with Crippen molar-refractivity contribution in [3.63, 3.8) is 0 Å². The first-order valence-corrected chi connectivity index (χ1v) is 7.26. The number of hydrogen-bond acceptors (Lipinski definition) is 5. The molecular weight excluding hydrogens is 286 g/mol. The normalized spacial score (nSPS) is 14.5. The minimum Gasteiger partial charge on any atom is -0.493 e. The second-order valence-electron chi connectivity index (χ2n) is 5.21. The van der Waals surface area contributed by atoms with Crippen LogP contribution in [0, 0.1) is 5.92 Å². The lowest BCUT2D eigenvalue weighted by Crippen LogP contribution is -2.22. The second kappa shape index (κ2) is 7.15. The number of benzene rings is 1. The van der Waals surface area contributed by atoms with Crippen LogP contribution in [0.1, 0.15) is 36.0 Å². The highest BCUT2D eigenvalue weighted by atomic mass is 16.5. The molecule has 0 heterocycles. The molecular formula is C16H21NO5. The van der Waals surface area contributed by atoms with Gasteiger partial charge in [0.25, 0.3) is 0 Å². The average Bonchev–Trinajstić information content (AvgIpc) is 3.08. The molecule has 0 spiro atoms. The molecule has 1 saturated carbocycles. The molecule has 0 radical (unpaired) electrons. The van der Waals surface area contributed by atoms with Gasteiger partial charge in [0.2, 0.25) is 5.91 Å². The standard InChI is InChI=1S/C16H21NO5/c1-20-13-8-11(16(19)22-3)12(9-14(13)21-2)17-15(18)10-6-4-5-7-10/h8-10H,4-7H2,1-3H3,(H,17,18). The number of carbonyl (C=O) groups is 2. The Kier molecular flexibility index (Phi) is 5.25. The summed E-state index contributed by atoms with van der Waals surface area (Å²) in [6.07, 6.45) is 3.89. The molecule has 6 nitrogen and oxygen atoms in total. The number of methoxy groups -OCH3 is 3. The molecule has 0 aliphatic heterocycles. The van der Waals surface area contributed by atoms with Gasteiger partial charge in [-0.15, -0.1) is 0 Å². The van der Waals surface area contributed by atoms with Crippen LogP contribution in [0.5, 0.6) is 11.5 Å². The predicted molar refractivity (Wildman–Crippen MR) is 81.5 cm³/mol. The summed E-state index contributed by atoms with van der Waals surface area (Å²) in [5, 5.41) is 2.82. The molecule has 0 unspecified atom stereocenters. The van der Waals surface area contributed by atoms with Crippen molar-refractivity contribution in [2.24, 2.45) is 5.92 Å². The van der Waals surface area contributed by atoms with Crippen LogP contribution in [-0.4, -0.2) is 33.2 Å². The summed E-state index contributed by atoms with van der Waals surface area (Å²) in [6.45, 7) is 0. The highest BCUT2D eigenvalue weighted by Gasteiger charge is 2.25. The predicted octanol–water partition coefficient (Wildman–Crippen LogP) is 2.62. The lowest BCUT2D eigenvalue weighted by atomic mass is 10.1. The fourth-order valence-corrected chi connectivity index (χ4v) is 2.68. The number of ether oxygens (including phenoxy) is 3. The van der Waals surface area contributed by atoms with Crippen LogP contribution < -0.4 is 14.8 Å². The van der Waals surface area contributed by atoms with Crippen molar-refractivity contribution in [1.29, 1.82) is 0 Å². The van der Waals surface area contributed by atoms with Crippen LogP contribution in [-0.2, 0) is 9.53 Å². The summed E-state index contributed by atoms with van der Waals surface area (Å²) in [4.78, 5) is 24.2. The Balaban J connectivity index is 2.34. The van der Waals surface area contributed by atoms with Crippen LogP contribution in [0.25, 0.3) is 0 Å². The van der Waals surface area contributed by atoms with Gasteiger partial charge in [-0.05, 0) is 12.8 Å². The van der Waals surface area contributed by atoms with Gasteiger partial charge in [0.05, 0.1) is 32.6 Å². The number of rotatable bonds is 5. The molecule has 1 aliphatic carbocycles. The highest BCUT2D eigenvalue weighted by Crippen LogP contribution is 2.34. The van der Waals surface area contributed by atoms with Crippen molar-refractivity contribution in [3.05, 3.63) is 17.7 Å². The lowest BCUT2D eigenvalue weighted by Gasteiger charge is -2.16. The van der Waals surface area contributed by atoms with E-state index in [9.17, 15) is 9.59 Å². The van der Waals surface area contributed by atoms with E-state index >= 15 is 0 Å². The molecule has 1 amide bonds. The van der Waals surface area contributed by atoms with Crippen LogP contribution >= 0.6 is 0 Å². The topological polar surface area (TPSA) is 73.9 Å². The van der Waals surface area contributed by atoms with Gasteiger partial charge in [-0.25, -0.2) is 4.79 Å². The Bertz CT molecular complexity index is 564. The summed E-state index contributed by atoms with van der Waals surface area (Å²) < 4.78 is 15.2. The van der Waals surface area contributed by atoms with E-state index in [4.69, 9.17) is 14.2 Å². The maximum absolute atomic E-state index is 12.3. The van der Waals surface area contributed by atoms with Gasteiger partial charge in [0.15, 0.2) is 11.5 Å². The van der Waals surface area contributed by atoms with Crippen molar-refractivity contribution in [2.45, 2.75) is 25.7 Å². The van der Waals surface area contributed by atoms with Crippen LogP contribution in [0.3, 0.4) is 0 Å². The molecule has 0 atom stereocenters. The van der Waals surface area contributed by atoms with Crippen molar-refractivity contribution < 1.29 is 23.8 Å². The third-order valence-electron chi connectivity index (χ3n) is 3.91. The molecule has 1 N–H and O–H groups in total. The smallest absolute Gasteiger partial charge is 0.340 e. The first kappa shape index (κ1) is 16.1. The summed E-state index contributed by atoms with van der Waals surface area (Å²) in [5.74, 6) is 0.231. The molecule has 0 saturated heterocycles. The van der Waals surface area contributed by atoms with E-state index in [1.54, 1.807) is 6.07 Å². The summed E-state index contributed by atoms with van der Waals surface area (Å²) in [7, 11) is 4.27. The number of carbonyl (C=O) groups excluding carboxylic acids is 2. The van der Waals surface area contributed by atoms with Gasteiger partial charge in [-0.2, -0.15) is 0 Å². The van der Waals surface area contributed by atoms with E-state index in [0.717, 1.165) is 25.7 Å². The first-order chi connectivity index (χ1) is 10.6. The van der Waals surface area contributed by atoms with Gasteiger partial charge in [0.1, 0.15) is 0 Å². The van der Waals surface area contributed by atoms with Gasteiger partial charge in [-0.3, -0.25) is 4.79 Å². The summed E-state index contributed by atoms with van der Waals surface area (Å²) >= 11 is 0. The highest BCUT2D eigenvalue weighted by molar-refractivity contribution is 6.02. The average molecular weight is 307 g/mol. The first-order valence-electron chi connectivity index (χ1n) is 7.26. The molecule has 22 heavy (non-hydrogen) atoms. The SMILES string of the molecule is COC(=O)c1cc(OC)c(OC)cc1NC(=O)C1CCCC1. The minimum absolute atomic E-state index is 0.00130. The molecule has 0 bridgehead atoms. The van der Waals surface area contributed by atoms with Gasteiger partial charge < -0.3 is 19.5 Å². The van der Waals surface area contributed by atoms with E-state index in [1.807, 2.05) is 0 Å². The largest absolute Gasteiger partial charge is 0.493 e. The molecule has 0 aromatic heterocycles. The van der Waals surface area contributed by atoms with E-state index in [-0.39, 0.29) is 17.4 Å². The monoisotopic (exact) mass is 307 g/mol. The Hall–Kier alpha value is -2.24. The zero-order valence-corrected chi connectivity index (χ0v) is 13.1. The molecule has 2 rings (SSSR count). The fourth-order valence-electron chi connectivity index (χ4n) is 2.68. The Morgan fingerprint density at radius 2 is 1.64 bits per heavy atom. The number of amides is 1. The summed E-state index contributed by atoms with van der Waals surface area (Å²) in [6, 6.07) is 3.09. The van der Waals surface area contributed by atoms with E-state index in [1.165, 1.54) is 27.4 Å². The molecule has 1 aromatic rings. The molecule has 1 aromatic carbocycles. The summed E-state index contributed by atoms with van der Waals surface area (Å²) in [5.41, 5.74) is 0.618. The number of nitrogens with one attached hydrogen (secondary N) is 1. The van der Waals surface area contributed by atoms with Gasteiger partial charge in [0, 0.05) is 18.1 Å². The number of hydrogen-bond donors (Lipinski definition) is 1. The van der Waals surface area contributed by atoms with Crippen LogP contribution in [0.2, 0.25) is 0 Å².